The molecule has 0 unspecified atom stereocenters. The Morgan fingerprint density at radius 3 is 2.57 bits per heavy atom. The van der Waals surface area contributed by atoms with E-state index in [2.05, 4.69) is 21.2 Å². The highest BCUT2D eigenvalue weighted by Gasteiger charge is 2.19. The standard InChI is InChI=1S/C14H12BrFN2O3/c1-17-8-9-2-4-10(5-3-9)21-14-6-11(15)12(16)7-13(14)18(19)20/h2-7,17H,8H2,1H3. The van der Waals surface area contributed by atoms with Crippen LogP contribution in [0, 0.1) is 15.9 Å². The van der Waals surface area contributed by atoms with Crippen LogP contribution in [0.15, 0.2) is 40.9 Å². The molecule has 0 atom stereocenters. The molecule has 0 aliphatic rings. The summed E-state index contributed by atoms with van der Waals surface area (Å²) in [7, 11) is 1.84. The van der Waals surface area contributed by atoms with Gasteiger partial charge in [-0.2, -0.15) is 0 Å². The maximum atomic E-state index is 13.4. The molecule has 0 saturated carbocycles. The number of halogens is 2. The number of ether oxygens (including phenoxy) is 1. The molecule has 2 aromatic rings. The van der Waals surface area contributed by atoms with Crippen LogP contribution >= 0.6 is 15.9 Å². The first-order valence-corrected chi connectivity index (χ1v) is 6.85. The molecule has 2 rings (SSSR count). The molecule has 0 bridgehead atoms. The van der Waals surface area contributed by atoms with Crippen molar-refractivity contribution in [2.75, 3.05) is 7.05 Å². The van der Waals surface area contributed by atoms with Crippen molar-refractivity contribution in [1.29, 1.82) is 0 Å². The maximum Gasteiger partial charge on any atom is 0.314 e. The number of nitrogens with zero attached hydrogens (tertiary/aromatic N) is 1. The van der Waals surface area contributed by atoms with Crippen molar-refractivity contribution < 1.29 is 14.1 Å². The summed E-state index contributed by atoms with van der Waals surface area (Å²) in [5, 5.41) is 14.0. The summed E-state index contributed by atoms with van der Waals surface area (Å²) >= 11 is 2.99. The minimum Gasteiger partial charge on any atom is -0.450 e. The zero-order chi connectivity index (χ0) is 15.4. The van der Waals surface area contributed by atoms with Gasteiger partial charge in [0.15, 0.2) is 0 Å². The second-order valence-electron chi connectivity index (χ2n) is 4.27. The lowest BCUT2D eigenvalue weighted by Crippen LogP contribution is -2.04. The van der Waals surface area contributed by atoms with Gasteiger partial charge in [0.25, 0.3) is 0 Å². The number of benzene rings is 2. The SMILES string of the molecule is CNCc1ccc(Oc2cc(Br)c(F)cc2[N+](=O)[O-])cc1. The van der Waals surface area contributed by atoms with Crippen LogP contribution in [0.1, 0.15) is 5.56 Å². The third-order valence-electron chi connectivity index (χ3n) is 2.73. The molecule has 2 aromatic carbocycles. The Morgan fingerprint density at radius 2 is 2.00 bits per heavy atom. The molecule has 0 aliphatic heterocycles. The fraction of sp³-hybridized carbons (Fsp3) is 0.143. The van der Waals surface area contributed by atoms with Crippen molar-refractivity contribution in [3.8, 4) is 11.5 Å². The minimum absolute atomic E-state index is 0.0189. The van der Waals surface area contributed by atoms with Crippen LogP contribution in [-0.4, -0.2) is 12.0 Å². The summed E-state index contributed by atoms with van der Waals surface area (Å²) < 4.78 is 19.0. The maximum absolute atomic E-state index is 13.4. The van der Waals surface area contributed by atoms with Crippen molar-refractivity contribution in [1.82, 2.24) is 5.32 Å². The van der Waals surface area contributed by atoms with Crippen molar-refractivity contribution in [2.24, 2.45) is 0 Å². The van der Waals surface area contributed by atoms with Gasteiger partial charge in [-0.25, -0.2) is 4.39 Å². The highest BCUT2D eigenvalue weighted by Crippen LogP contribution is 2.35. The molecule has 5 nitrogen and oxygen atoms in total. The first-order valence-electron chi connectivity index (χ1n) is 6.06. The zero-order valence-corrected chi connectivity index (χ0v) is 12.7. The molecule has 110 valence electrons. The van der Waals surface area contributed by atoms with E-state index in [9.17, 15) is 14.5 Å². The predicted octanol–water partition coefficient (Wildman–Crippen LogP) is 4.01. The third-order valence-corrected chi connectivity index (χ3v) is 3.34. The van der Waals surface area contributed by atoms with E-state index >= 15 is 0 Å². The molecule has 1 N–H and O–H groups in total. The Balaban J connectivity index is 2.30. The van der Waals surface area contributed by atoms with Crippen molar-refractivity contribution >= 4 is 21.6 Å². The molecule has 7 heteroatoms. The molecular formula is C14H12BrFN2O3. The van der Waals surface area contributed by atoms with E-state index in [0.29, 0.717) is 12.3 Å². The number of hydrogen-bond donors (Lipinski definition) is 1. The average molecular weight is 355 g/mol. The minimum atomic E-state index is -0.710. The van der Waals surface area contributed by atoms with Crippen LogP contribution in [-0.2, 0) is 6.54 Å². The normalized spacial score (nSPS) is 10.4. The van der Waals surface area contributed by atoms with Gasteiger partial charge in [-0.15, -0.1) is 0 Å². The zero-order valence-electron chi connectivity index (χ0n) is 11.1. The second kappa shape index (κ2) is 6.64. The van der Waals surface area contributed by atoms with E-state index in [1.165, 1.54) is 6.07 Å². The summed E-state index contributed by atoms with van der Waals surface area (Å²) in [6, 6.07) is 9.16. The van der Waals surface area contributed by atoms with Crippen molar-refractivity contribution in [2.45, 2.75) is 6.54 Å². The molecule has 0 heterocycles. The first kappa shape index (κ1) is 15.4. The number of rotatable bonds is 5. The third kappa shape index (κ3) is 3.77. The Bertz CT molecular complexity index is 662. The van der Waals surface area contributed by atoms with E-state index in [4.69, 9.17) is 4.74 Å². The first-order chi connectivity index (χ1) is 10.0. The van der Waals surface area contributed by atoms with Gasteiger partial charge in [-0.05, 0) is 40.7 Å². The van der Waals surface area contributed by atoms with Gasteiger partial charge >= 0.3 is 5.69 Å². The molecular weight excluding hydrogens is 343 g/mol. The molecule has 0 spiro atoms. The summed E-state index contributed by atoms with van der Waals surface area (Å²) in [6.45, 7) is 0.711. The quantitative estimate of drug-likeness (QED) is 0.650. The van der Waals surface area contributed by atoms with Gasteiger partial charge in [0, 0.05) is 12.6 Å². The van der Waals surface area contributed by atoms with E-state index < -0.39 is 16.4 Å². The predicted molar refractivity (Wildman–Crippen MR) is 80.0 cm³/mol. The molecule has 0 saturated heterocycles. The van der Waals surface area contributed by atoms with E-state index in [1.807, 2.05) is 19.2 Å². The smallest absolute Gasteiger partial charge is 0.314 e. The topological polar surface area (TPSA) is 64.4 Å². The highest BCUT2D eigenvalue weighted by atomic mass is 79.9. The molecule has 0 fully saturated rings. The summed E-state index contributed by atoms with van der Waals surface area (Å²) in [6.07, 6.45) is 0. The Morgan fingerprint density at radius 1 is 1.33 bits per heavy atom. The Kier molecular flexibility index (Phi) is 4.87. The molecule has 0 aliphatic carbocycles. The number of nitro groups is 1. The van der Waals surface area contributed by atoms with Crippen LogP contribution in [0.4, 0.5) is 10.1 Å². The lowest BCUT2D eigenvalue weighted by atomic mass is 10.2. The van der Waals surface area contributed by atoms with Crippen molar-refractivity contribution in [3.63, 3.8) is 0 Å². The lowest BCUT2D eigenvalue weighted by molar-refractivity contribution is -0.385. The lowest BCUT2D eigenvalue weighted by Gasteiger charge is -2.08. The van der Waals surface area contributed by atoms with Crippen LogP contribution in [0.5, 0.6) is 11.5 Å². The van der Waals surface area contributed by atoms with Crippen LogP contribution in [0.25, 0.3) is 0 Å². The molecule has 0 amide bonds. The monoisotopic (exact) mass is 354 g/mol. The van der Waals surface area contributed by atoms with Crippen LogP contribution < -0.4 is 10.1 Å². The van der Waals surface area contributed by atoms with E-state index in [-0.39, 0.29) is 10.2 Å². The van der Waals surface area contributed by atoms with Crippen molar-refractivity contribution in [3.05, 3.63) is 62.4 Å². The van der Waals surface area contributed by atoms with Gasteiger partial charge in [0.05, 0.1) is 15.5 Å². The van der Waals surface area contributed by atoms with Gasteiger partial charge in [-0.1, -0.05) is 12.1 Å². The van der Waals surface area contributed by atoms with Gasteiger partial charge in [-0.3, -0.25) is 10.1 Å². The van der Waals surface area contributed by atoms with E-state index in [1.54, 1.807) is 12.1 Å². The fourth-order valence-corrected chi connectivity index (χ4v) is 2.07. The number of nitrogens with one attached hydrogen (secondary N) is 1. The Labute approximate surface area is 129 Å². The largest absolute Gasteiger partial charge is 0.450 e. The van der Waals surface area contributed by atoms with Gasteiger partial charge in [0.2, 0.25) is 5.75 Å². The summed E-state index contributed by atoms with van der Waals surface area (Å²) in [4.78, 5) is 10.3. The Hall–Kier alpha value is -1.99. The summed E-state index contributed by atoms with van der Waals surface area (Å²) in [5.74, 6) is -0.287. The average Bonchev–Trinajstić information content (AvgIpc) is 2.44. The second-order valence-corrected chi connectivity index (χ2v) is 5.12. The number of nitro benzene ring substituents is 1. The van der Waals surface area contributed by atoms with Crippen LogP contribution in [0.3, 0.4) is 0 Å². The molecule has 0 radical (unpaired) electrons. The summed E-state index contributed by atoms with van der Waals surface area (Å²) in [5.41, 5.74) is 0.634. The van der Waals surface area contributed by atoms with Crippen LogP contribution in [0.2, 0.25) is 0 Å². The van der Waals surface area contributed by atoms with E-state index in [0.717, 1.165) is 11.6 Å². The molecule has 21 heavy (non-hydrogen) atoms. The van der Waals surface area contributed by atoms with Gasteiger partial charge < -0.3 is 10.1 Å². The number of hydrogen-bond acceptors (Lipinski definition) is 4. The highest BCUT2D eigenvalue weighted by molar-refractivity contribution is 9.10. The van der Waals surface area contributed by atoms with Gasteiger partial charge in [0.1, 0.15) is 11.6 Å². The molecule has 0 aromatic heterocycles. The fourth-order valence-electron chi connectivity index (χ4n) is 1.75.